The quantitative estimate of drug-likeness (QED) is 0.771. The highest BCUT2D eigenvalue weighted by Crippen LogP contribution is 2.43. The second-order valence-corrected chi connectivity index (χ2v) is 7.12. The summed E-state index contributed by atoms with van der Waals surface area (Å²) >= 11 is 3.72. The maximum Gasteiger partial charge on any atom is 0.207 e. The molecule has 1 aromatic rings. The van der Waals surface area contributed by atoms with Crippen LogP contribution in [-0.2, 0) is 15.3 Å². The van der Waals surface area contributed by atoms with Crippen molar-refractivity contribution < 1.29 is 14.2 Å². The summed E-state index contributed by atoms with van der Waals surface area (Å²) in [4.78, 5) is 0.111. The van der Waals surface area contributed by atoms with Crippen molar-refractivity contribution in [1.82, 2.24) is 0 Å². The molecular formula is C16H23BrO3. The van der Waals surface area contributed by atoms with Gasteiger partial charge in [-0.15, -0.1) is 0 Å². The first-order valence-electron chi connectivity index (χ1n) is 7.00. The minimum Gasteiger partial charge on any atom is -0.497 e. The fourth-order valence-corrected chi connectivity index (χ4v) is 2.84. The summed E-state index contributed by atoms with van der Waals surface area (Å²) in [6.45, 7) is 7.79. The van der Waals surface area contributed by atoms with Crippen LogP contribution < -0.4 is 4.74 Å². The van der Waals surface area contributed by atoms with Crippen molar-refractivity contribution >= 4 is 15.9 Å². The Morgan fingerprint density at radius 1 is 1.20 bits per heavy atom. The monoisotopic (exact) mass is 342 g/mol. The van der Waals surface area contributed by atoms with Gasteiger partial charge in [0.15, 0.2) is 0 Å². The van der Waals surface area contributed by atoms with E-state index in [0.29, 0.717) is 13.2 Å². The normalized spacial score (nSPS) is 22.2. The molecule has 0 N–H and O–H groups in total. The highest BCUT2D eigenvalue weighted by molar-refractivity contribution is 9.09. The number of halogens is 1. The third kappa shape index (κ3) is 3.02. The molecule has 4 heteroatoms. The first kappa shape index (κ1) is 15.8. The third-order valence-electron chi connectivity index (χ3n) is 3.62. The van der Waals surface area contributed by atoms with Crippen molar-refractivity contribution in [2.45, 2.75) is 37.8 Å². The van der Waals surface area contributed by atoms with Crippen LogP contribution in [0.15, 0.2) is 24.3 Å². The Labute approximate surface area is 129 Å². The van der Waals surface area contributed by atoms with Gasteiger partial charge in [-0.25, -0.2) is 0 Å². The van der Waals surface area contributed by atoms with Crippen molar-refractivity contribution in [1.29, 1.82) is 0 Å². The van der Waals surface area contributed by atoms with Gasteiger partial charge in [0.2, 0.25) is 5.79 Å². The molecule has 1 heterocycles. The Bertz CT molecular complexity index is 432. The van der Waals surface area contributed by atoms with Gasteiger partial charge >= 0.3 is 0 Å². The van der Waals surface area contributed by atoms with Crippen LogP contribution in [0, 0.1) is 5.41 Å². The van der Waals surface area contributed by atoms with Crippen molar-refractivity contribution in [2.75, 3.05) is 20.3 Å². The van der Waals surface area contributed by atoms with Gasteiger partial charge in [-0.3, -0.25) is 0 Å². The molecule has 0 radical (unpaired) electrons. The fraction of sp³-hybridized carbons (Fsp3) is 0.625. The van der Waals surface area contributed by atoms with Crippen molar-refractivity contribution in [3.8, 4) is 5.75 Å². The summed E-state index contributed by atoms with van der Waals surface area (Å²) in [6.07, 6.45) is 0.923. The zero-order valence-corrected chi connectivity index (χ0v) is 14.2. The lowest BCUT2D eigenvalue weighted by atomic mass is 9.92. The molecule has 0 spiro atoms. The standard InChI is InChI=1S/C16H23BrO3/c1-5-14(17)16(19-10-15(2,3)11-20-16)12-6-8-13(18-4)9-7-12/h6-9,14H,5,10-11H2,1-4H3. The van der Waals surface area contributed by atoms with E-state index in [1.54, 1.807) is 7.11 Å². The van der Waals surface area contributed by atoms with Crippen molar-refractivity contribution in [3.63, 3.8) is 0 Å². The lowest BCUT2D eigenvalue weighted by Crippen LogP contribution is -2.50. The largest absolute Gasteiger partial charge is 0.497 e. The van der Waals surface area contributed by atoms with Crippen LogP contribution in [0.1, 0.15) is 32.8 Å². The Hall–Kier alpha value is -0.580. The maximum absolute atomic E-state index is 6.18. The van der Waals surface area contributed by atoms with Crippen LogP contribution in [0.2, 0.25) is 0 Å². The van der Waals surface area contributed by atoms with Gasteiger partial charge in [0.05, 0.1) is 25.2 Å². The Morgan fingerprint density at radius 2 is 1.75 bits per heavy atom. The highest BCUT2D eigenvalue weighted by atomic mass is 79.9. The molecule has 112 valence electrons. The Balaban J connectivity index is 2.32. The summed E-state index contributed by atoms with van der Waals surface area (Å²) in [5.41, 5.74) is 1.08. The van der Waals surface area contributed by atoms with E-state index in [4.69, 9.17) is 14.2 Å². The van der Waals surface area contributed by atoms with E-state index in [-0.39, 0.29) is 10.2 Å². The number of rotatable bonds is 4. The summed E-state index contributed by atoms with van der Waals surface area (Å²) in [5, 5.41) is 0. The smallest absolute Gasteiger partial charge is 0.207 e. The summed E-state index contributed by atoms with van der Waals surface area (Å²) in [7, 11) is 1.67. The zero-order valence-electron chi connectivity index (χ0n) is 12.6. The van der Waals surface area contributed by atoms with Gasteiger partial charge in [0.1, 0.15) is 5.75 Å². The van der Waals surface area contributed by atoms with Gasteiger partial charge in [-0.2, -0.15) is 0 Å². The molecule has 1 aromatic carbocycles. The summed E-state index contributed by atoms with van der Waals surface area (Å²) in [5.74, 6) is 0.124. The SMILES string of the molecule is CCC(Br)C1(c2ccc(OC)cc2)OCC(C)(C)CO1. The van der Waals surface area contributed by atoms with Crippen LogP contribution in [0.4, 0.5) is 0 Å². The molecule has 2 rings (SSSR count). The molecule has 0 aromatic heterocycles. The van der Waals surface area contributed by atoms with E-state index < -0.39 is 5.79 Å². The van der Waals surface area contributed by atoms with E-state index in [2.05, 4.69) is 36.7 Å². The lowest BCUT2D eigenvalue weighted by Gasteiger charge is -2.46. The molecule has 1 saturated heterocycles. The van der Waals surface area contributed by atoms with E-state index in [1.165, 1.54) is 0 Å². The number of methoxy groups -OCH3 is 1. The molecule has 3 nitrogen and oxygen atoms in total. The lowest BCUT2D eigenvalue weighted by molar-refractivity contribution is -0.306. The van der Waals surface area contributed by atoms with Gasteiger partial charge in [0.25, 0.3) is 0 Å². The maximum atomic E-state index is 6.18. The number of ether oxygens (including phenoxy) is 3. The van der Waals surface area contributed by atoms with E-state index >= 15 is 0 Å². The first-order chi connectivity index (χ1) is 9.43. The minimum atomic E-state index is -0.712. The molecule has 1 fully saturated rings. The molecule has 0 aliphatic carbocycles. The van der Waals surface area contributed by atoms with Gasteiger partial charge in [0, 0.05) is 11.0 Å². The van der Waals surface area contributed by atoms with E-state index in [0.717, 1.165) is 17.7 Å². The Morgan fingerprint density at radius 3 is 2.20 bits per heavy atom. The second-order valence-electron chi connectivity index (χ2n) is 6.01. The van der Waals surface area contributed by atoms with E-state index in [9.17, 15) is 0 Å². The van der Waals surface area contributed by atoms with Crippen molar-refractivity contribution in [3.05, 3.63) is 29.8 Å². The summed E-state index contributed by atoms with van der Waals surface area (Å²) in [6, 6.07) is 7.92. The fourth-order valence-electron chi connectivity index (χ4n) is 2.31. The zero-order chi connectivity index (χ0) is 14.8. The number of hydrogen-bond acceptors (Lipinski definition) is 3. The van der Waals surface area contributed by atoms with Crippen LogP contribution in [0.3, 0.4) is 0 Å². The molecule has 0 bridgehead atoms. The molecule has 0 saturated carbocycles. The first-order valence-corrected chi connectivity index (χ1v) is 7.91. The van der Waals surface area contributed by atoms with E-state index in [1.807, 2.05) is 24.3 Å². The predicted molar refractivity (Wildman–Crippen MR) is 83.4 cm³/mol. The third-order valence-corrected chi connectivity index (χ3v) is 4.87. The molecule has 1 aliphatic heterocycles. The number of alkyl halides is 1. The number of benzene rings is 1. The summed E-state index contributed by atoms with van der Waals surface area (Å²) < 4.78 is 17.6. The number of hydrogen-bond donors (Lipinski definition) is 0. The van der Waals surface area contributed by atoms with Gasteiger partial charge < -0.3 is 14.2 Å². The average molecular weight is 343 g/mol. The molecule has 20 heavy (non-hydrogen) atoms. The van der Waals surface area contributed by atoms with Crippen LogP contribution in [0.25, 0.3) is 0 Å². The minimum absolute atomic E-state index is 0.0520. The van der Waals surface area contributed by atoms with Crippen LogP contribution in [0.5, 0.6) is 5.75 Å². The van der Waals surface area contributed by atoms with Crippen LogP contribution in [-0.4, -0.2) is 25.2 Å². The Kier molecular flexibility index (Phi) is 4.77. The molecular weight excluding hydrogens is 320 g/mol. The molecule has 1 unspecified atom stereocenters. The topological polar surface area (TPSA) is 27.7 Å². The predicted octanol–water partition coefficient (Wildman–Crippen LogP) is 4.09. The molecule has 0 amide bonds. The molecule has 1 aliphatic rings. The second kappa shape index (κ2) is 6.04. The van der Waals surface area contributed by atoms with Gasteiger partial charge in [-0.1, -0.05) is 36.7 Å². The average Bonchev–Trinajstić information content (AvgIpc) is 2.47. The van der Waals surface area contributed by atoms with Crippen molar-refractivity contribution in [2.24, 2.45) is 5.41 Å². The van der Waals surface area contributed by atoms with Crippen LogP contribution >= 0.6 is 15.9 Å². The highest BCUT2D eigenvalue weighted by Gasteiger charge is 2.46. The van der Waals surface area contributed by atoms with Gasteiger partial charge in [-0.05, 0) is 30.7 Å². The molecule has 1 atom stereocenters.